The lowest BCUT2D eigenvalue weighted by Gasteiger charge is -2.12. The van der Waals surface area contributed by atoms with Crippen LogP contribution >= 0.6 is 11.3 Å². The number of nitrogens with zero attached hydrogens (tertiary/aromatic N) is 1. The maximum Gasteiger partial charge on any atom is 0.159 e. The monoisotopic (exact) mass is 246 g/mol. The third-order valence-electron chi connectivity index (χ3n) is 2.50. The molecule has 0 radical (unpaired) electrons. The van der Waals surface area contributed by atoms with Gasteiger partial charge in [-0.2, -0.15) is 0 Å². The zero-order valence-electron chi connectivity index (χ0n) is 9.81. The quantitative estimate of drug-likeness (QED) is 0.839. The summed E-state index contributed by atoms with van der Waals surface area (Å²) in [5.74, 6) is 0.0875. The number of ketones is 1. The number of Topliss-reactive ketones (excluding diaryl/α,β-unsaturated/α-hetero) is 1. The van der Waals surface area contributed by atoms with E-state index in [9.17, 15) is 4.79 Å². The Morgan fingerprint density at radius 1 is 1.35 bits per heavy atom. The highest BCUT2D eigenvalue weighted by Gasteiger charge is 2.07. The Balaban J connectivity index is 2.06. The molecule has 4 heteroatoms. The summed E-state index contributed by atoms with van der Waals surface area (Å²) >= 11 is 1.63. The van der Waals surface area contributed by atoms with Crippen molar-refractivity contribution in [2.24, 2.45) is 0 Å². The normalized spacial score (nSPS) is 12.1. The Labute approximate surface area is 105 Å². The summed E-state index contributed by atoms with van der Waals surface area (Å²) in [7, 11) is 0. The largest absolute Gasteiger partial charge is 0.376 e. The minimum absolute atomic E-state index is 0.0875. The Morgan fingerprint density at radius 3 is 2.59 bits per heavy atom. The van der Waals surface area contributed by atoms with Gasteiger partial charge in [-0.15, -0.1) is 11.3 Å². The van der Waals surface area contributed by atoms with Crippen LogP contribution in [0.5, 0.6) is 0 Å². The van der Waals surface area contributed by atoms with E-state index in [4.69, 9.17) is 0 Å². The molecule has 2 aromatic rings. The lowest BCUT2D eigenvalue weighted by molar-refractivity contribution is 0.101. The fourth-order valence-electron chi connectivity index (χ4n) is 1.56. The van der Waals surface area contributed by atoms with E-state index >= 15 is 0 Å². The molecule has 1 N–H and O–H groups in total. The first-order valence-corrected chi connectivity index (χ1v) is 6.31. The van der Waals surface area contributed by atoms with E-state index in [1.54, 1.807) is 24.5 Å². The van der Waals surface area contributed by atoms with Gasteiger partial charge in [0.25, 0.3) is 0 Å². The molecule has 0 aliphatic carbocycles. The number of rotatable bonds is 4. The molecule has 0 saturated heterocycles. The summed E-state index contributed by atoms with van der Waals surface area (Å²) in [5.41, 5.74) is 1.73. The number of carbonyl (C=O) groups is 1. The summed E-state index contributed by atoms with van der Waals surface area (Å²) in [6, 6.07) is 7.68. The van der Waals surface area contributed by atoms with Crippen molar-refractivity contribution in [1.82, 2.24) is 4.98 Å². The van der Waals surface area contributed by atoms with Crippen molar-refractivity contribution in [3.05, 3.63) is 46.4 Å². The second-order valence-electron chi connectivity index (χ2n) is 3.87. The first-order valence-electron chi connectivity index (χ1n) is 5.44. The molecule has 1 unspecified atom stereocenters. The molecular weight excluding hydrogens is 232 g/mol. The number of carbonyl (C=O) groups excluding carboxylic acids is 1. The Kier molecular flexibility index (Phi) is 3.54. The Bertz CT molecular complexity index is 491. The summed E-state index contributed by atoms with van der Waals surface area (Å²) in [5, 5.41) is 6.37. The van der Waals surface area contributed by atoms with E-state index in [0.717, 1.165) is 16.3 Å². The first kappa shape index (κ1) is 11.8. The molecule has 1 atom stereocenters. The van der Waals surface area contributed by atoms with Crippen LogP contribution in [0.2, 0.25) is 0 Å². The molecule has 3 nitrogen and oxygen atoms in total. The number of aromatic nitrogens is 1. The summed E-state index contributed by atoms with van der Waals surface area (Å²) in [6.07, 6.45) is 1.80. The molecule has 0 aliphatic heterocycles. The zero-order chi connectivity index (χ0) is 12.3. The molecule has 0 saturated carbocycles. The molecular formula is C13H14N2OS. The molecule has 1 heterocycles. The van der Waals surface area contributed by atoms with Gasteiger partial charge in [-0.05, 0) is 38.1 Å². The highest BCUT2D eigenvalue weighted by Crippen LogP contribution is 2.21. The smallest absolute Gasteiger partial charge is 0.159 e. The van der Waals surface area contributed by atoms with Crippen molar-refractivity contribution >= 4 is 22.8 Å². The number of benzene rings is 1. The van der Waals surface area contributed by atoms with Crippen molar-refractivity contribution in [2.45, 2.75) is 19.9 Å². The van der Waals surface area contributed by atoms with E-state index in [1.807, 2.05) is 29.6 Å². The van der Waals surface area contributed by atoms with E-state index < -0.39 is 0 Å². The summed E-state index contributed by atoms with van der Waals surface area (Å²) < 4.78 is 0. The summed E-state index contributed by atoms with van der Waals surface area (Å²) in [4.78, 5) is 15.4. The van der Waals surface area contributed by atoms with Crippen molar-refractivity contribution in [2.75, 3.05) is 5.32 Å². The van der Waals surface area contributed by atoms with E-state index in [2.05, 4.69) is 17.2 Å². The molecule has 0 amide bonds. The summed E-state index contributed by atoms with van der Waals surface area (Å²) in [6.45, 7) is 3.64. The maximum absolute atomic E-state index is 11.1. The van der Waals surface area contributed by atoms with Gasteiger partial charge in [-0.25, -0.2) is 4.98 Å². The van der Waals surface area contributed by atoms with Crippen molar-refractivity contribution in [3.8, 4) is 0 Å². The number of hydrogen-bond donors (Lipinski definition) is 1. The van der Waals surface area contributed by atoms with Gasteiger partial charge in [0, 0.05) is 22.8 Å². The molecule has 88 valence electrons. The van der Waals surface area contributed by atoms with Crippen LogP contribution in [-0.4, -0.2) is 10.8 Å². The second kappa shape index (κ2) is 5.10. The van der Waals surface area contributed by atoms with E-state index in [-0.39, 0.29) is 11.8 Å². The van der Waals surface area contributed by atoms with Crippen LogP contribution in [0.15, 0.2) is 35.8 Å². The van der Waals surface area contributed by atoms with Crippen LogP contribution in [0, 0.1) is 0 Å². The number of thiazole rings is 1. The van der Waals surface area contributed by atoms with Gasteiger partial charge in [0.2, 0.25) is 0 Å². The molecule has 0 aliphatic rings. The molecule has 0 spiro atoms. The lowest BCUT2D eigenvalue weighted by Crippen LogP contribution is -2.06. The minimum atomic E-state index is 0.0875. The third-order valence-corrected chi connectivity index (χ3v) is 3.45. The van der Waals surface area contributed by atoms with Gasteiger partial charge in [0.05, 0.1) is 6.04 Å². The first-order chi connectivity index (χ1) is 8.16. The van der Waals surface area contributed by atoms with Gasteiger partial charge >= 0.3 is 0 Å². The predicted octanol–water partition coefficient (Wildman–Crippen LogP) is 3.52. The Hall–Kier alpha value is -1.68. The van der Waals surface area contributed by atoms with Gasteiger partial charge in [0.15, 0.2) is 5.78 Å². The van der Waals surface area contributed by atoms with Crippen LogP contribution in [0.3, 0.4) is 0 Å². The molecule has 1 aromatic carbocycles. The highest BCUT2D eigenvalue weighted by atomic mass is 32.1. The van der Waals surface area contributed by atoms with Gasteiger partial charge < -0.3 is 5.32 Å². The topological polar surface area (TPSA) is 42.0 Å². The van der Waals surface area contributed by atoms with Crippen LogP contribution < -0.4 is 5.32 Å². The van der Waals surface area contributed by atoms with Crippen LogP contribution in [0.4, 0.5) is 5.69 Å². The third kappa shape index (κ3) is 2.91. The van der Waals surface area contributed by atoms with Gasteiger partial charge in [-0.3, -0.25) is 4.79 Å². The van der Waals surface area contributed by atoms with Crippen LogP contribution in [-0.2, 0) is 0 Å². The number of nitrogens with one attached hydrogen (secondary N) is 1. The molecule has 2 rings (SSSR count). The Morgan fingerprint density at radius 2 is 2.06 bits per heavy atom. The SMILES string of the molecule is CC(=O)c1ccc(NC(C)c2nccs2)cc1. The van der Waals surface area contributed by atoms with Gasteiger partial charge in [0.1, 0.15) is 5.01 Å². The van der Waals surface area contributed by atoms with E-state index in [0.29, 0.717) is 0 Å². The molecule has 1 aromatic heterocycles. The molecule has 0 bridgehead atoms. The number of hydrogen-bond acceptors (Lipinski definition) is 4. The van der Waals surface area contributed by atoms with Crippen molar-refractivity contribution in [3.63, 3.8) is 0 Å². The zero-order valence-corrected chi connectivity index (χ0v) is 10.6. The maximum atomic E-state index is 11.1. The average Bonchev–Trinajstić information content (AvgIpc) is 2.83. The fraction of sp³-hybridized carbons (Fsp3) is 0.231. The number of anilines is 1. The minimum Gasteiger partial charge on any atom is -0.376 e. The van der Waals surface area contributed by atoms with Crippen molar-refractivity contribution in [1.29, 1.82) is 0 Å². The fourth-order valence-corrected chi connectivity index (χ4v) is 2.21. The van der Waals surface area contributed by atoms with Crippen LogP contribution in [0.1, 0.15) is 35.3 Å². The molecule has 17 heavy (non-hydrogen) atoms. The predicted molar refractivity (Wildman–Crippen MR) is 70.6 cm³/mol. The van der Waals surface area contributed by atoms with Crippen LogP contribution in [0.25, 0.3) is 0 Å². The molecule has 0 fully saturated rings. The van der Waals surface area contributed by atoms with E-state index in [1.165, 1.54) is 0 Å². The van der Waals surface area contributed by atoms with Gasteiger partial charge in [-0.1, -0.05) is 0 Å². The lowest BCUT2D eigenvalue weighted by atomic mass is 10.1. The second-order valence-corrected chi connectivity index (χ2v) is 4.80. The highest BCUT2D eigenvalue weighted by molar-refractivity contribution is 7.09. The average molecular weight is 246 g/mol. The standard InChI is InChI=1S/C13H14N2OS/c1-9(13-14-7-8-17-13)15-12-5-3-11(4-6-12)10(2)16/h3-9,15H,1-2H3. The van der Waals surface area contributed by atoms with Crippen molar-refractivity contribution < 1.29 is 4.79 Å².